The lowest BCUT2D eigenvalue weighted by Crippen LogP contribution is -2.39. The van der Waals surface area contributed by atoms with E-state index in [0.29, 0.717) is 0 Å². The third-order valence-electron chi connectivity index (χ3n) is 8.32. The smallest absolute Gasteiger partial charge is 0.345 e. The molecule has 0 saturated carbocycles. The second kappa shape index (κ2) is 14.4. The van der Waals surface area contributed by atoms with E-state index in [4.69, 9.17) is 9.47 Å². The van der Waals surface area contributed by atoms with E-state index in [9.17, 15) is 70.2 Å². The molecule has 0 amide bonds. The van der Waals surface area contributed by atoms with Crippen LogP contribution in [0.1, 0.15) is 33.7 Å². The van der Waals surface area contributed by atoms with Gasteiger partial charge in [0.05, 0.1) is 11.5 Å². The lowest BCUT2D eigenvalue weighted by molar-refractivity contribution is -0.168. The number of fused-ring (bicyclic) bond motifs is 1. The summed E-state index contributed by atoms with van der Waals surface area (Å²) in [5.41, 5.74) is -0.309. The minimum atomic E-state index is -1.97. The summed E-state index contributed by atoms with van der Waals surface area (Å²) >= 11 is 0. The first-order valence-corrected chi connectivity index (χ1v) is 15.2. The Morgan fingerprint density at radius 3 is 1.52 bits per heavy atom. The van der Waals surface area contributed by atoms with Crippen molar-refractivity contribution in [3.63, 3.8) is 0 Å². The summed E-state index contributed by atoms with van der Waals surface area (Å²) in [4.78, 5) is 52.7. The molecular weight excluding hydrogens is 688 g/mol. The first-order chi connectivity index (χ1) is 24.5. The molecule has 0 bridgehead atoms. The number of carboxylic acids is 2. The maximum Gasteiger partial charge on any atom is 0.345 e. The van der Waals surface area contributed by atoms with Crippen molar-refractivity contribution in [1.82, 2.24) is 0 Å². The molecule has 0 saturated heterocycles. The maximum absolute atomic E-state index is 14.2. The van der Waals surface area contributed by atoms with Crippen LogP contribution in [0.15, 0.2) is 72.3 Å². The Balaban J connectivity index is 1.61. The van der Waals surface area contributed by atoms with Crippen molar-refractivity contribution in [3.05, 3.63) is 100 Å². The Morgan fingerprint density at radius 2 is 1.02 bits per heavy atom. The SMILES string of the molecule is O=C(O[C@@H](Cc1ccc(O)c(O)c1)C(=O)O)C1=Cc2cc(O)c(O)cc2[C@@H](c2ccc(O)c(O)c2)[C@@H]1C(=O)O[C@@H](Cc1ccc(O)c(O)c1)C(=O)O. The molecule has 16 heteroatoms. The molecule has 0 fully saturated rings. The highest BCUT2D eigenvalue weighted by Crippen LogP contribution is 2.48. The molecule has 270 valence electrons. The number of hydrogen-bond acceptors (Lipinski definition) is 14. The number of hydrogen-bond donors (Lipinski definition) is 10. The highest BCUT2D eigenvalue weighted by molar-refractivity contribution is 6.03. The second-order valence-corrected chi connectivity index (χ2v) is 11.8. The number of aromatic hydroxyl groups is 8. The van der Waals surface area contributed by atoms with Gasteiger partial charge in [-0.2, -0.15) is 0 Å². The van der Waals surface area contributed by atoms with Crippen LogP contribution in [-0.4, -0.2) is 87.2 Å². The summed E-state index contributed by atoms with van der Waals surface area (Å²) in [6.45, 7) is 0. The van der Waals surface area contributed by atoms with E-state index in [0.717, 1.165) is 54.6 Å². The van der Waals surface area contributed by atoms with Crippen molar-refractivity contribution in [3.8, 4) is 46.0 Å². The molecule has 0 aliphatic heterocycles. The Hall–Kier alpha value is -7.10. The molecule has 0 heterocycles. The van der Waals surface area contributed by atoms with Crippen LogP contribution in [0.4, 0.5) is 0 Å². The van der Waals surface area contributed by atoms with Gasteiger partial charge in [0, 0.05) is 18.8 Å². The van der Waals surface area contributed by atoms with Gasteiger partial charge in [-0.25, -0.2) is 14.4 Å². The van der Waals surface area contributed by atoms with Crippen molar-refractivity contribution >= 4 is 30.0 Å². The second-order valence-electron chi connectivity index (χ2n) is 11.8. The molecule has 16 nitrogen and oxygen atoms in total. The van der Waals surface area contributed by atoms with Crippen molar-refractivity contribution < 1.29 is 79.7 Å². The molecule has 0 unspecified atom stereocenters. The average molecular weight is 719 g/mol. The molecule has 4 atom stereocenters. The predicted octanol–water partition coefficient (Wildman–Crippen LogP) is 2.95. The van der Waals surface area contributed by atoms with Gasteiger partial charge in [-0.15, -0.1) is 0 Å². The lowest BCUT2D eigenvalue weighted by atomic mass is 9.71. The van der Waals surface area contributed by atoms with E-state index in [1.54, 1.807) is 0 Å². The van der Waals surface area contributed by atoms with Gasteiger partial charge in [-0.3, -0.25) is 4.79 Å². The van der Waals surface area contributed by atoms with Crippen LogP contribution < -0.4 is 0 Å². The number of carboxylic acid groups (broad SMARTS) is 2. The Labute approximate surface area is 292 Å². The Morgan fingerprint density at radius 1 is 0.558 bits per heavy atom. The zero-order valence-electron chi connectivity index (χ0n) is 26.6. The number of carbonyl (C=O) groups is 4. The predicted molar refractivity (Wildman–Crippen MR) is 175 cm³/mol. The average Bonchev–Trinajstić information content (AvgIpc) is 3.08. The van der Waals surface area contributed by atoms with Gasteiger partial charge < -0.3 is 60.5 Å². The van der Waals surface area contributed by atoms with Crippen molar-refractivity contribution in [2.45, 2.75) is 31.0 Å². The Kier molecular flexibility index (Phi) is 10.0. The summed E-state index contributed by atoms with van der Waals surface area (Å²) in [7, 11) is 0. The summed E-state index contributed by atoms with van der Waals surface area (Å²) in [6, 6.07) is 12.1. The standard InChI is InChI=1S/C36H30O16/c37-21-4-1-15(7-24(21)40)9-29(33(45)46)51-35(49)20-11-18-13-27(43)28(44)14-19(18)31(17-3-6-23(39)26(42)12-17)32(20)36(50)52-30(34(47)48)10-16-2-5-22(38)25(41)8-16/h1-8,11-14,29-32,37-44H,9-10H2,(H,45,46)(H,47,48)/t29-,30-,31+,32+/m0/s1. The van der Waals surface area contributed by atoms with E-state index >= 15 is 0 Å². The highest BCUT2D eigenvalue weighted by atomic mass is 16.6. The molecule has 0 aromatic heterocycles. The molecule has 10 N–H and O–H groups in total. The number of carbonyl (C=O) groups excluding carboxylic acids is 2. The summed E-state index contributed by atoms with van der Waals surface area (Å²) < 4.78 is 10.8. The molecular formula is C36H30O16. The summed E-state index contributed by atoms with van der Waals surface area (Å²) in [5.74, 6) is -14.2. The summed E-state index contributed by atoms with van der Waals surface area (Å²) in [5, 5.41) is 100. The first-order valence-electron chi connectivity index (χ1n) is 15.2. The van der Waals surface area contributed by atoms with E-state index < -0.39 is 112 Å². The van der Waals surface area contributed by atoms with Gasteiger partial charge in [0.2, 0.25) is 12.2 Å². The topological polar surface area (TPSA) is 289 Å². The van der Waals surface area contributed by atoms with Gasteiger partial charge in [-0.05, 0) is 82.4 Å². The lowest BCUT2D eigenvalue weighted by Gasteiger charge is -2.33. The molecule has 1 aliphatic carbocycles. The Bertz CT molecular complexity index is 2120. The van der Waals surface area contributed by atoms with Crippen LogP contribution in [0.5, 0.6) is 46.0 Å². The van der Waals surface area contributed by atoms with E-state index in [1.165, 1.54) is 18.2 Å². The van der Waals surface area contributed by atoms with Crippen molar-refractivity contribution in [2.75, 3.05) is 0 Å². The van der Waals surface area contributed by atoms with E-state index in [-0.39, 0.29) is 27.8 Å². The zero-order valence-corrected chi connectivity index (χ0v) is 26.6. The first kappa shape index (κ1) is 36.2. The molecule has 52 heavy (non-hydrogen) atoms. The number of ether oxygens (including phenoxy) is 2. The third kappa shape index (κ3) is 7.55. The molecule has 5 rings (SSSR count). The molecule has 0 radical (unpaired) electrons. The van der Waals surface area contributed by atoms with Crippen LogP contribution in [0.3, 0.4) is 0 Å². The van der Waals surface area contributed by atoms with Crippen LogP contribution in [0, 0.1) is 5.92 Å². The minimum Gasteiger partial charge on any atom is -0.504 e. The van der Waals surface area contributed by atoms with E-state index in [1.807, 2.05) is 0 Å². The van der Waals surface area contributed by atoms with Crippen LogP contribution >= 0.6 is 0 Å². The molecule has 4 aromatic rings. The highest BCUT2D eigenvalue weighted by Gasteiger charge is 2.45. The number of phenols is 8. The molecule has 1 aliphatic rings. The third-order valence-corrected chi connectivity index (χ3v) is 8.32. The number of esters is 2. The van der Waals surface area contributed by atoms with Gasteiger partial charge in [0.25, 0.3) is 0 Å². The molecule has 4 aromatic carbocycles. The van der Waals surface area contributed by atoms with Gasteiger partial charge >= 0.3 is 23.9 Å². The monoisotopic (exact) mass is 718 g/mol. The molecule has 0 spiro atoms. The quantitative estimate of drug-likeness (QED) is 0.0788. The van der Waals surface area contributed by atoms with Gasteiger partial charge in [0.15, 0.2) is 46.0 Å². The van der Waals surface area contributed by atoms with Crippen LogP contribution in [0.25, 0.3) is 6.08 Å². The maximum atomic E-state index is 14.2. The number of aliphatic carboxylic acids is 2. The fraction of sp³-hybridized carbons (Fsp3) is 0.167. The number of benzene rings is 4. The number of rotatable bonds is 11. The van der Waals surface area contributed by atoms with Crippen LogP contribution in [0.2, 0.25) is 0 Å². The van der Waals surface area contributed by atoms with Crippen molar-refractivity contribution in [1.29, 1.82) is 0 Å². The van der Waals surface area contributed by atoms with Gasteiger partial charge in [0.1, 0.15) is 0 Å². The summed E-state index contributed by atoms with van der Waals surface area (Å²) in [6.07, 6.45) is -3.95. The number of phenolic OH excluding ortho intramolecular Hbond substituents is 8. The van der Waals surface area contributed by atoms with E-state index in [2.05, 4.69) is 0 Å². The van der Waals surface area contributed by atoms with Gasteiger partial charge in [-0.1, -0.05) is 18.2 Å². The van der Waals surface area contributed by atoms with Crippen LogP contribution in [-0.2, 0) is 41.5 Å². The minimum absolute atomic E-state index is 0.00618. The fourth-order valence-electron chi connectivity index (χ4n) is 5.76. The van der Waals surface area contributed by atoms with Crippen molar-refractivity contribution in [2.24, 2.45) is 5.92 Å². The zero-order chi connectivity index (χ0) is 38.0. The largest absolute Gasteiger partial charge is 0.504 e. The normalized spacial score (nSPS) is 16.1. The fourth-order valence-corrected chi connectivity index (χ4v) is 5.76.